The number of likely N-dealkylation sites (tertiary alicyclic amines) is 1. The number of rotatable bonds is 5. The second-order valence-corrected chi connectivity index (χ2v) is 5.87. The zero-order valence-corrected chi connectivity index (χ0v) is 14.0. The molecule has 1 fully saturated rings. The molecule has 0 radical (unpaired) electrons. The zero-order chi connectivity index (χ0) is 18.6. The third kappa shape index (κ3) is 4.72. The summed E-state index contributed by atoms with van der Waals surface area (Å²) in [6.07, 6.45) is -3.87. The summed E-state index contributed by atoms with van der Waals surface area (Å²) in [7, 11) is 2.77. The summed E-state index contributed by atoms with van der Waals surface area (Å²) in [4.78, 5) is 25.7. The van der Waals surface area contributed by atoms with Crippen molar-refractivity contribution < 1.29 is 32.2 Å². The van der Waals surface area contributed by atoms with E-state index in [9.17, 15) is 22.8 Å². The van der Waals surface area contributed by atoms with Crippen LogP contribution in [0.5, 0.6) is 0 Å². The van der Waals surface area contributed by atoms with Crippen molar-refractivity contribution in [3.63, 3.8) is 0 Å². The van der Waals surface area contributed by atoms with E-state index in [1.165, 1.54) is 31.3 Å². The number of carbonyl (C=O) groups is 2. The third-order valence-electron chi connectivity index (χ3n) is 4.30. The Morgan fingerprint density at radius 3 is 2.36 bits per heavy atom. The summed E-state index contributed by atoms with van der Waals surface area (Å²) in [5.74, 6) is -0.753. The normalized spacial score (nSPS) is 20.6. The van der Waals surface area contributed by atoms with E-state index in [-0.39, 0.29) is 18.4 Å². The molecule has 0 aromatic heterocycles. The summed E-state index contributed by atoms with van der Waals surface area (Å²) in [6.45, 7) is 0.294. The van der Waals surface area contributed by atoms with Crippen LogP contribution in [-0.4, -0.2) is 49.7 Å². The van der Waals surface area contributed by atoms with Gasteiger partial charge < -0.3 is 14.4 Å². The van der Waals surface area contributed by atoms with Gasteiger partial charge in [0.15, 0.2) is 0 Å². The Hall–Kier alpha value is -2.09. The van der Waals surface area contributed by atoms with Crippen molar-refractivity contribution >= 4 is 11.9 Å². The zero-order valence-electron chi connectivity index (χ0n) is 14.0. The maximum absolute atomic E-state index is 12.5. The molecule has 0 unspecified atom stereocenters. The van der Waals surface area contributed by atoms with Crippen LogP contribution in [0.25, 0.3) is 0 Å². The number of hydrogen-bond acceptors (Lipinski definition) is 4. The first-order valence-corrected chi connectivity index (χ1v) is 7.82. The number of carbonyl (C=O) groups excluding carboxylic acids is 2. The van der Waals surface area contributed by atoms with Crippen LogP contribution in [0.3, 0.4) is 0 Å². The van der Waals surface area contributed by atoms with Gasteiger partial charge in [0.2, 0.25) is 5.91 Å². The Bertz CT molecular complexity index is 615. The number of aryl methyl sites for hydroxylation is 1. The Balaban J connectivity index is 1.97. The molecule has 2 rings (SSSR count). The molecule has 0 bridgehead atoms. The lowest BCUT2D eigenvalue weighted by Gasteiger charge is -2.22. The summed E-state index contributed by atoms with van der Waals surface area (Å²) in [5, 5.41) is 0. The van der Waals surface area contributed by atoms with E-state index >= 15 is 0 Å². The molecule has 138 valence electrons. The SMILES string of the molecule is COC(=O)[C@H]1C[C@@H](OC)CN1C(=O)CCc1ccc(C(F)(F)F)cc1. The fraction of sp³-hybridized carbons (Fsp3) is 0.529. The fourth-order valence-electron chi connectivity index (χ4n) is 2.86. The van der Waals surface area contributed by atoms with Crippen LogP contribution in [0.4, 0.5) is 13.2 Å². The van der Waals surface area contributed by atoms with E-state index in [1.54, 1.807) is 0 Å². The fourth-order valence-corrected chi connectivity index (χ4v) is 2.86. The number of ether oxygens (including phenoxy) is 2. The van der Waals surface area contributed by atoms with Gasteiger partial charge in [-0.2, -0.15) is 13.2 Å². The van der Waals surface area contributed by atoms with Crippen LogP contribution >= 0.6 is 0 Å². The summed E-state index contributed by atoms with van der Waals surface area (Å²) >= 11 is 0. The minimum absolute atomic E-state index is 0.0926. The summed E-state index contributed by atoms with van der Waals surface area (Å²) < 4.78 is 47.6. The number of amides is 1. The molecule has 0 saturated carbocycles. The van der Waals surface area contributed by atoms with Gasteiger partial charge in [-0.25, -0.2) is 4.79 Å². The molecule has 0 spiro atoms. The third-order valence-corrected chi connectivity index (χ3v) is 4.30. The molecule has 2 atom stereocenters. The number of hydrogen-bond donors (Lipinski definition) is 0. The molecule has 25 heavy (non-hydrogen) atoms. The highest BCUT2D eigenvalue weighted by Crippen LogP contribution is 2.29. The monoisotopic (exact) mass is 359 g/mol. The van der Waals surface area contributed by atoms with E-state index < -0.39 is 23.8 Å². The standard InChI is InChI=1S/C17H20F3NO4/c1-24-13-9-14(16(23)25-2)21(10-13)15(22)8-5-11-3-6-12(7-4-11)17(18,19)20/h3-4,6-7,13-14H,5,8-10H2,1-2H3/t13-,14-/m1/s1. The van der Waals surface area contributed by atoms with Crippen molar-refractivity contribution in [3.8, 4) is 0 Å². The number of esters is 1. The molecule has 1 aliphatic rings. The van der Waals surface area contributed by atoms with Gasteiger partial charge in [-0.3, -0.25) is 4.79 Å². The van der Waals surface area contributed by atoms with Gasteiger partial charge in [0.1, 0.15) is 6.04 Å². The van der Waals surface area contributed by atoms with Crippen molar-refractivity contribution in [3.05, 3.63) is 35.4 Å². The van der Waals surface area contributed by atoms with E-state index in [0.717, 1.165) is 12.1 Å². The first-order valence-electron chi connectivity index (χ1n) is 7.82. The van der Waals surface area contributed by atoms with Gasteiger partial charge in [0.05, 0.1) is 18.8 Å². The van der Waals surface area contributed by atoms with Crippen LogP contribution in [0.2, 0.25) is 0 Å². The predicted octanol–water partition coefficient (Wildman–Crippen LogP) is 2.43. The highest BCUT2D eigenvalue weighted by Gasteiger charge is 2.40. The van der Waals surface area contributed by atoms with Crippen LogP contribution in [0.15, 0.2) is 24.3 Å². The van der Waals surface area contributed by atoms with E-state index in [1.807, 2.05) is 0 Å². The van der Waals surface area contributed by atoms with Crippen molar-refractivity contribution in [1.29, 1.82) is 0 Å². The second kappa shape index (κ2) is 7.86. The lowest BCUT2D eigenvalue weighted by Crippen LogP contribution is -2.41. The van der Waals surface area contributed by atoms with Gasteiger partial charge in [-0.15, -0.1) is 0 Å². The van der Waals surface area contributed by atoms with Crippen LogP contribution in [0, 0.1) is 0 Å². The summed E-state index contributed by atoms with van der Waals surface area (Å²) in [5.41, 5.74) is -0.103. The first-order chi connectivity index (χ1) is 11.8. The predicted molar refractivity (Wildman–Crippen MR) is 82.7 cm³/mol. The van der Waals surface area contributed by atoms with Gasteiger partial charge >= 0.3 is 12.1 Å². The maximum atomic E-state index is 12.5. The van der Waals surface area contributed by atoms with Gasteiger partial charge in [-0.05, 0) is 24.1 Å². The quantitative estimate of drug-likeness (QED) is 0.758. The number of benzene rings is 1. The van der Waals surface area contributed by atoms with Crippen molar-refractivity contribution in [2.24, 2.45) is 0 Å². The average Bonchev–Trinajstić information content (AvgIpc) is 3.03. The van der Waals surface area contributed by atoms with Gasteiger partial charge in [-0.1, -0.05) is 12.1 Å². The topological polar surface area (TPSA) is 55.8 Å². The van der Waals surface area contributed by atoms with Gasteiger partial charge in [0, 0.05) is 26.5 Å². The maximum Gasteiger partial charge on any atom is 0.416 e. The Morgan fingerprint density at radius 1 is 1.20 bits per heavy atom. The van der Waals surface area contributed by atoms with E-state index in [0.29, 0.717) is 24.9 Å². The Labute approximate surface area is 143 Å². The van der Waals surface area contributed by atoms with Crippen molar-refractivity contribution in [1.82, 2.24) is 4.90 Å². The molecule has 8 heteroatoms. The Morgan fingerprint density at radius 2 is 1.84 bits per heavy atom. The molecular weight excluding hydrogens is 339 g/mol. The smallest absolute Gasteiger partial charge is 0.416 e. The average molecular weight is 359 g/mol. The minimum Gasteiger partial charge on any atom is -0.467 e. The molecule has 0 N–H and O–H groups in total. The molecular formula is C17H20F3NO4. The van der Waals surface area contributed by atoms with Gasteiger partial charge in [0.25, 0.3) is 0 Å². The molecule has 5 nitrogen and oxygen atoms in total. The largest absolute Gasteiger partial charge is 0.467 e. The number of alkyl halides is 3. The van der Waals surface area contributed by atoms with Crippen LogP contribution in [0.1, 0.15) is 24.0 Å². The number of halogens is 3. The minimum atomic E-state index is -4.38. The van der Waals surface area contributed by atoms with Crippen LogP contribution < -0.4 is 0 Å². The lowest BCUT2D eigenvalue weighted by atomic mass is 10.1. The Kier molecular flexibility index (Phi) is 6.05. The highest BCUT2D eigenvalue weighted by molar-refractivity contribution is 5.85. The lowest BCUT2D eigenvalue weighted by molar-refractivity contribution is -0.150. The number of nitrogens with zero attached hydrogens (tertiary/aromatic N) is 1. The molecule has 1 amide bonds. The van der Waals surface area contributed by atoms with Crippen molar-refractivity contribution in [2.45, 2.75) is 37.6 Å². The molecule has 0 aliphatic carbocycles. The highest BCUT2D eigenvalue weighted by atomic mass is 19.4. The molecule has 1 heterocycles. The second-order valence-electron chi connectivity index (χ2n) is 5.87. The summed E-state index contributed by atoms with van der Waals surface area (Å²) in [6, 6.07) is 4.02. The number of methoxy groups -OCH3 is 2. The molecule has 1 aromatic carbocycles. The molecule has 1 aromatic rings. The molecule has 1 aliphatic heterocycles. The van der Waals surface area contributed by atoms with E-state index in [2.05, 4.69) is 0 Å². The molecule has 1 saturated heterocycles. The first kappa shape index (κ1) is 19.2. The van der Waals surface area contributed by atoms with Crippen molar-refractivity contribution in [2.75, 3.05) is 20.8 Å². The van der Waals surface area contributed by atoms with Crippen LogP contribution in [-0.2, 0) is 31.7 Å². The van der Waals surface area contributed by atoms with E-state index in [4.69, 9.17) is 9.47 Å².